The highest BCUT2D eigenvalue weighted by Gasteiger charge is 2.29. The number of carbonyl (C=O) groups is 2. The number of piperidine rings is 1. The van der Waals surface area contributed by atoms with Crippen molar-refractivity contribution in [2.75, 3.05) is 13.1 Å². The van der Waals surface area contributed by atoms with E-state index >= 15 is 0 Å². The minimum Gasteiger partial charge on any atom is -0.425 e. The quantitative estimate of drug-likeness (QED) is 0.628. The summed E-state index contributed by atoms with van der Waals surface area (Å²) in [6, 6.07) is 14.0. The van der Waals surface area contributed by atoms with Gasteiger partial charge in [-0.15, -0.1) is 0 Å². The molecule has 0 aromatic heterocycles. The third-order valence-corrected chi connectivity index (χ3v) is 4.42. The van der Waals surface area contributed by atoms with E-state index in [0.717, 1.165) is 0 Å². The number of para-hydroxylation sites is 1. The zero-order valence-corrected chi connectivity index (χ0v) is 14.0. The van der Waals surface area contributed by atoms with E-state index in [1.54, 1.807) is 29.2 Å². The highest BCUT2D eigenvalue weighted by Crippen LogP contribution is 2.23. The molecule has 0 aliphatic carbocycles. The molecule has 1 saturated heterocycles. The number of rotatable bonds is 3. The summed E-state index contributed by atoms with van der Waals surface area (Å²) in [6.45, 7) is 0.853. The lowest BCUT2D eigenvalue weighted by Crippen LogP contribution is -2.41. The molecule has 26 heavy (non-hydrogen) atoms. The first-order valence-electron chi connectivity index (χ1n) is 8.34. The van der Waals surface area contributed by atoms with Gasteiger partial charge in [0.15, 0.2) is 0 Å². The van der Waals surface area contributed by atoms with Crippen LogP contribution in [0.2, 0.25) is 0 Å². The molecule has 132 valence electrons. The van der Waals surface area contributed by atoms with Gasteiger partial charge >= 0.3 is 5.97 Å². The molecule has 3 rings (SSSR count). The maximum absolute atomic E-state index is 13.0. The van der Waals surface area contributed by atoms with Gasteiger partial charge in [0, 0.05) is 18.7 Å². The lowest BCUT2D eigenvalue weighted by molar-refractivity contribution is -0.140. The fraction of sp³-hybridized carbons (Fsp3) is 0.250. The van der Waals surface area contributed by atoms with Gasteiger partial charge in [-0.3, -0.25) is 9.59 Å². The van der Waals surface area contributed by atoms with E-state index in [1.807, 2.05) is 6.07 Å². The number of nitrogens with zero attached hydrogens (tertiary/aromatic N) is 2. The molecule has 1 amide bonds. The van der Waals surface area contributed by atoms with Crippen LogP contribution in [-0.4, -0.2) is 29.9 Å². The van der Waals surface area contributed by atoms with Gasteiger partial charge in [-0.1, -0.05) is 12.1 Å². The van der Waals surface area contributed by atoms with Gasteiger partial charge in [-0.25, -0.2) is 4.39 Å². The average molecular weight is 352 g/mol. The second kappa shape index (κ2) is 7.79. The predicted molar refractivity (Wildman–Crippen MR) is 91.8 cm³/mol. The molecule has 0 spiro atoms. The minimum atomic E-state index is -0.388. The Hall–Kier alpha value is -3.20. The summed E-state index contributed by atoms with van der Waals surface area (Å²) < 4.78 is 18.3. The fourth-order valence-electron chi connectivity index (χ4n) is 2.93. The lowest BCUT2D eigenvalue weighted by atomic mass is 9.96. The molecule has 2 aromatic rings. The van der Waals surface area contributed by atoms with Crippen molar-refractivity contribution in [3.05, 3.63) is 65.5 Å². The maximum Gasteiger partial charge on any atom is 0.314 e. The number of ether oxygens (including phenoxy) is 1. The van der Waals surface area contributed by atoms with Crippen LogP contribution < -0.4 is 4.74 Å². The number of halogens is 1. The minimum absolute atomic E-state index is 0.174. The molecule has 0 bridgehead atoms. The van der Waals surface area contributed by atoms with Gasteiger partial charge in [0.1, 0.15) is 17.6 Å². The third kappa shape index (κ3) is 3.89. The van der Waals surface area contributed by atoms with Gasteiger partial charge in [0.25, 0.3) is 5.91 Å². The maximum atomic E-state index is 13.0. The van der Waals surface area contributed by atoms with E-state index in [2.05, 4.69) is 0 Å². The number of carbonyl (C=O) groups excluding carboxylic acids is 2. The van der Waals surface area contributed by atoms with E-state index in [1.165, 1.54) is 24.3 Å². The van der Waals surface area contributed by atoms with Crippen molar-refractivity contribution in [1.82, 2.24) is 4.90 Å². The summed E-state index contributed by atoms with van der Waals surface area (Å²) in [4.78, 5) is 26.4. The first-order chi connectivity index (χ1) is 12.6. The second-order valence-electron chi connectivity index (χ2n) is 6.10. The van der Waals surface area contributed by atoms with Crippen LogP contribution in [0.25, 0.3) is 0 Å². The second-order valence-corrected chi connectivity index (χ2v) is 6.10. The van der Waals surface area contributed by atoms with Crippen molar-refractivity contribution >= 4 is 11.9 Å². The van der Waals surface area contributed by atoms with E-state index in [0.29, 0.717) is 37.1 Å². The van der Waals surface area contributed by atoms with E-state index in [9.17, 15) is 14.0 Å². The zero-order chi connectivity index (χ0) is 18.5. The smallest absolute Gasteiger partial charge is 0.314 e. The molecule has 0 unspecified atom stereocenters. The Balaban J connectivity index is 1.58. The number of likely N-dealkylation sites (tertiary alicyclic amines) is 1. The Morgan fingerprint density at radius 1 is 1.08 bits per heavy atom. The first kappa shape index (κ1) is 17.6. The average Bonchev–Trinajstić information content (AvgIpc) is 2.68. The summed E-state index contributed by atoms with van der Waals surface area (Å²) in [5.74, 6) is -1.02. The van der Waals surface area contributed by atoms with Gasteiger partial charge in [-0.05, 0) is 49.2 Å². The van der Waals surface area contributed by atoms with Crippen LogP contribution in [0.5, 0.6) is 5.75 Å². The van der Waals surface area contributed by atoms with Gasteiger partial charge < -0.3 is 9.64 Å². The lowest BCUT2D eigenvalue weighted by Gasteiger charge is -2.31. The molecular formula is C20H17FN2O3. The Kier molecular flexibility index (Phi) is 5.28. The number of esters is 1. The third-order valence-electron chi connectivity index (χ3n) is 4.42. The largest absolute Gasteiger partial charge is 0.425 e. The monoisotopic (exact) mass is 352 g/mol. The first-order valence-corrected chi connectivity index (χ1v) is 8.34. The SMILES string of the molecule is N#Cc1ccccc1OC(=O)C1CCN(C(=O)c2ccc(F)cc2)CC1. The molecule has 0 radical (unpaired) electrons. The molecular weight excluding hydrogens is 335 g/mol. The normalized spacial score (nSPS) is 14.5. The Morgan fingerprint density at radius 2 is 1.73 bits per heavy atom. The number of hydrogen-bond acceptors (Lipinski definition) is 4. The van der Waals surface area contributed by atoms with Crippen LogP contribution in [0.1, 0.15) is 28.8 Å². The molecule has 1 aliphatic heterocycles. The van der Waals surface area contributed by atoms with Crippen molar-refractivity contribution in [3.63, 3.8) is 0 Å². The Morgan fingerprint density at radius 3 is 2.38 bits per heavy atom. The highest BCUT2D eigenvalue weighted by atomic mass is 19.1. The van der Waals surface area contributed by atoms with Crippen molar-refractivity contribution in [2.45, 2.75) is 12.8 Å². The van der Waals surface area contributed by atoms with Crippen LogP contribution in [0.15, 0.2) is 48.5 Å². The fourth-order valence-corrected chi connectivity index (χ4v) is 2.93. The van der Waals surface area contributed by atoms with Crippen molar-refractivity contribution in [2.24, 2.45) is 5.92 Å². The standard InChI is InChI=1S/C20H17FN2O3/c21-17-7-5-14(6-8-17)19(24)23-11-9-15(10-12-23)20(25)26-18-4-2-1-3-16(18)13-22/h1-8,15H,9-12H2. The van der Waals surface area contributed by atoms with Gasteiger partial charge in [0.2, 0.25) is 0 Å². The van der Waals surface area contributed by atoms with E-state index in [4.69, 9.17) is 10.00 Å². The topological polar surface area (TPSA) is 70.4 Å². The molecule has 0 saturated carbocycles. The highest BCUT2D eigenvalue weighted by molar-refractivity contribution is 5.94. The van der Waals surface area contributed by atoms with Crippen LogP contribution in [0, 0.1) is 23.1 Å². The zero-order valence-electron chi connectivity index (χ0n) is 14.0. The van der Waals surface area contributed by atoms with E-state index < -0.39 is 0 Å². The number of amides is 1. The summed E-state index contributed by atoms with van der Waals surface area (Å²) >= 11 is 0. The molecule has 5 nitrogen and oxygen atoms in total. The van der Waals surface area contributed by atoms with E-state index in [-0.39, 0.29) is 29.4 Å². The van der Waals surface area contributed by atoms with Gasteiger partial charge in [-0.2, -0.15) is 5.26 Å². The van der Waals surface area contributed by atoms with Gasteiger partial charge in [0.05, 0.1) is 11.5 Å². The summed E-state index contributed by atoms with van der Waals surface area (Å²) in [5, 5.41) is 9.05. The van der Waals surface area contributed by atoms with Crippen LogP contribution in [0.4, 0.5) is 4.39 Å². The molecule has 2 aromatic carbocycles. The number of benzene rings is 2. The van der Waals surface area contributed by atoms with Crippen molar-refractivity contribution in [3.8, 4) is 11.8 Å². The predicted octanol–water partition coefficient (Wildman–Crippen LogP) is 3.16. The molecule has 0 N–H and O–H groups in total. The Labute approximate surface area is 150 Å². The van der Waals surface area contributed by atoms with Crippen molar-refractivity contribution < 1.29 is 18.7 Å². The number of nitriles is 1. The van der Waals surface area contributed by atoms with Crippen LogP contribution in [0.3, 0.4) is 0 Å². The Bertz CT molecular complexity index is 850. The molecule has 1 fully saturated rings. The summed E-state index contributed by atoms with van der Waals surface area (Å²) in [6.07, 6.45) is 0.973. The van der Waals surface area contributed by atoms with Crippen molar-refractivity contribution in [1.29, 1.82) is 5.26 Å². The number of hydrogen-bond donors (Lipinski definition) is 0. The molecule has 0 atom stereocenters. The summed E-state index contributed by atoms with van der Waals surface area (Å²) in [5.41, 5.74) is 0.736. The molecule has 6 heteroatoms. The van der Waals surface area contributed by atoms with Crippen LogP contribution >= 0.6 is 0 Å². The summed E-state index contributed by atoms with van der Waals surface area (Å²) in [7, 11) is 0. The molecule has 1 heterocycles. The van der Waals surface area contributed by atoms with Crippen LogP contribution in [-0.2, 0) is 4.79 Å². The molecule has 1 aliphatic rings.